The molecular formula is C16H23N3OS. The van der Waals surface area contributed by atoms with Gasteiger partial charge in [0.1, 0.15) is 4.88 Å². The molecule has 0 unspecified atom stereocenters. The molecule has 1 amide bonds. The Kier molecular flexibility index (Phi) is 3.14. The van der Waals surface area contributed by atoms with Crippen LogP contribution in [0.5, 0.6) is 0 Å². The third kappa shape index (κ3) is 2.52. The summed E-state index contributed by atoms with van der Waals surface area (Å²) in [7, 11) is 1.67. The number of carbonyl (C=O) groups is 1. The van der Waals surface area contributed by atoms with Crippen LogP contribution in [0.1, 0.15) is 59.7 Å². The van der Waals surface area contributed by atoms with E-state index < -0.39 is 0 Å². The van der Waals surface area contributed by atoms with E-state index in [-0.39, 0.29) is 5.91 Å². The number of hydrogen-bond donors (Lipinski definition) is 3. The summed E-state index contributed by atoms with van der Waals surface area (Å²) in [5, 5.41) is 7.68. The first kappa shape index (κ1) is 13.4. The van der Waals surface area contributed by atoms with Gasteiger partial charge in [-0.05, 0) is 56.3 Å². The van der Waals surface area contributed by atoms with Crippen LogP contribution in [0.25, 0.3) is 0 Å². The third-order valence-electron chi connectivity index (χ3n) is 4.96. The topological polar surface area (TPSA) is 67.2 Å². The summed E-state index contributed by atoms with van der Waals surface area (Å²) in [6.45, 7) is 0. The molecule has 3 aliphatic carbocycles. The highest BCUT2D eigenvalue weighted by Gasteiger charge is 2.43. The standard InChI is InChI=1S/C16H23N3OS/c1-18-15(20)14-12(17)11(8-2-3-8)16(21-14)19-13(9-4-5-9)10-6-7-10/h8-10,13,19H,2-7,17H2,1H3,(H,18,20). The van der Waals surface area contributed by atoms with Gasteiger partial charge in [0.2, 0.25) is 0 Å². The predicted molar refractivity (Wildman–Crippen MR) is 87.0 cm³/mol. The lowest BCUT2D eigenvalue weighted by Crippen LogP contribution is -2.24. The molecule has 0 aliphatic heterocycles. The van der Waals surface area contributed by atoms with E-state index in [1.165, 1.54) is 49.1 Å². The molecule has 4 nitrogen and oxygen atoms in total. The van der Waals surface area contributed by atoms with Crippen molar-refractivity contribution < 1.29 is 4.79 Å². The van der Waals surface area contributed by atoms with Gasteiger partial charge in [0.15, 0.2) is 0 Å². The molecule has 0 atom stereocenters. The normalized spacial score (nSPS) is 21.6. The molecule has 0 bridgehead atoms. The Labute approximate surface area is 129 Å². The Balaban J connectivity index is 1.64. The summed E-state index contributed by atoms with van der Waals surface area (Å²) in [5.41, 5.74) is 8.23. The van der Waals surface area contributed by atoms with Crippen molar-refractivity contribution in [2.45, 2.75) is 50.5 Å². The van der Waals surface area contributed by atoms with Crippen LogP contribution in [0.3, 0.4) is 0 Å². The van der Waals surface area contributed by atoms with Gasteiger partial charge in [0.05, 0.1) is 10.7 Å². The van der Waals surface area contributed by atoms with Gasteiger partial charge >= 0.3 is 0 Å². The molecule has 0 saturated heterocycles. The summed E-state index contributed by atoms with van der Waals surface area (Å²) in [6.07, 6.45) is 7.85. The molecule has 3 saturated carbocycles. The fourth-order valence-corrected chi connectivity index (χ4v) is 4.51. The van der Waals surface area contributed by atoms with Gasteiger partial charge in [-0.1, -0.05) is 0 Å². The molecule has 114 valence electrons. The molecule has 3 fully saturated rings. The molecule has 0 aromatic carbocycles. The lowest BCUT2D eigenvalue weighted by Gasteiger charge is -2.19. The highest BCUT2D eigenvalue weighted by molar-refractivity contribution is 7.18. The molecule has 1 aromatic rings. The summed E-state index contributed by atoms with van der Waals surface area (Å²) in [6, 6.07) is 0.609. The molecule has 4 rings (SSSR count). The molecule has 5 heteroatoms. The Morgan fingerprint density at radius 1 is 1.19 bits per heavy atom. The third-order valence-corrected chi connectivity index (χ3v) is 6.11. The van der Waals surface area contributed by atoms with E-state index in [9.17, 15) is 4.79 Å². The van der Waals surface area contributed by atoms with Crippen molar-refractivity contribution in [3.8, 4) is 0 Å². The number of nitrogens with two attached hydrogens (primary N) is 1. The van der Waals surface area contributed by atoms with Crippen molar-refractivity contribution in [3.05, 3.63) is 10.4 Å². The van der Waals surface area contributed by atoms with Crippen LogP contribution < -0.4 is 16.4 Å². The molecule has 4 N–H and O–H groups in total. The van der Waals surface area contributed by atoms with Crippen molar-refractivity contribution >= 4 is 27.9 Å². The molecule has 0 spiro atoms. The quantitative estimate of drug-likeness (QED) is 0.756. The van der Waals surface area contributed by atoms with E-state index in [2.05, 4.69) is 10.6 Å². The molecular weight excluding hydrogens is 282 g/mol. The Morgan fingerprint density at radius 3 is 2.29 bits per heavy atom. The summed E-state index contributed by atoms with van der Waals surface area (Å²) >= 11 is 1.56. The van der Waals surface area contributed by atoms with Crippen LogP contribution in [-0.2, 0) is 0 Å². The number of anilines is 2. The van der Waals surface area contributed by atoms with Crippen LogP contribution in [0.4, 0.5) is 10.7 Å². The molecule has 1 heterocycles. The zero-order valence-corrected chi connectivity index (χ0v) is 13.3. The number of thiophene rings is 1. The van der Waals surface area contributed by atoms with Crippen molar-refractivity contribution in [1.82, 2.24) is 5.32 Å². The zero-order chi connectivity index (χ0) is 14.6. The van der Waals surface area contributed by atoms with Gasteiger partial charge in [-0.25, -0.2) is 0 Å². The smallest absolute Gasteiger partial charge is 0.263 e. The average molecular weight is 305 g/mol. The van der Waals surface area contributed by atoms with Gasteiger partial charge in [-0.2, -0.15) is 0 Å². The van der Waals surface area contributed by atoms with Gasteiger partial charge in [-0.15, -0.1) is 11.3 Å². The van der Waals surface area contributed by atoms with Crippen LogP contribution >= 0.6 is 11.3 Å². The van der Waals surface area contributed by atoms with Crippen molar-refractivity contribution in [2.24, 2.45) is 11.8 Å². The van der Waals surface area contributed by atoms with Crippen molar-refractivity contribution in [3.63, 3.8) is 0 Å². The lowest BCUT2D eigenvalue weighted by molar-refractivity contribution is 0.0968. The van der Waals surface area contributed by atoms with Crippen LogP contribution in [-0.4, -0.2) is 19.0 Å². The fraction of sp³-hybridized carbons (Fsp3) is 0.688. The summed E-state index contributed by atoms with van der Waals surface area (Å²) < 4.78 is 0. The zero-order valence-electron chi connectivity index (χ0n) is 12.4. The van der Waals surface area contributed by atoms with Crippen molar-refractivity contribution in [2.75, 3.05) is 18.1 Å². The lowest BCUT2D eigenvalue weighted by atomic mass is 10.1. The maximum absolute atomic E-state index is 12.0. The monoisotopic (exact) mass is 305 g/mol. The first-order chi connectivity index (χ1) is 10.2. The van der Waals surface area contributed by atoms with E-state index in [4.69, 9.17) is 5.73 Å². The predicted octanol–water partition coefficient (Wildman–Crippen LogP) is 3.17. The van der Waals surface area contributed by atoms with Gasteiger partial charge < -0.3 is 16.4 Å². The highest BCUT2D eigenvalue weighted by Crippen LogP contribution is 2.53. The summed E-state index contributed by atoms with van der Waals surface area (Å²) in [4.78, 5) is 12.7. The maximum atomic E-state index is 12.0. The minimum absolute atomic E-state index is 0.0538. The molecule has 3 aliphatic rings. The Hall–Kier alpha value is -1.23. The maximum Gasteiger partial charge on any atom is 0.263 e. The minimum Gasteiger partial charge on any atom is -0.397 e. The summed E-state index contributed by atoms with van der Waals surface area (Å²) in [5.74, 6) is 2.20. The number of carbonyl (C=O) groups excluding carboxylic acids is 1. The van der Waals surface area contributed by atoms with E-state index in [1.54, 1.807) is 18.4 Å². The van der Waals surface area contributed by atoms with Gasteiger partial charge in [0, 0.05) is 18.7 Å². The van der Waals surface area contributed by atoms with Gasteiger partial charge in [0.25, 0.3) is 5.91 Å². The van der Waals surface area contributed by atoms with E-state index in [1.807, 2.05) is 0 Å². The molecule has 0 radical (unpaired) electrons. The number of rotatable bonds is 6. The van der Waals surface area contributed by atoms with Gasteiger partial charge in [-0.3, -0.25) is 4.79 Å². The molecule has 21 heavy (non-hydrogen) atoms. The second-order valence-corrected chi connectivity index (χ2v) is 7.81. The van der Waals surface area contributed by atoms with E-state index in [0.717, 1.165) is 17.5 Å². The Morgan fingerprint density at radius 2 is 1.81 bits per heavy atom. The number of nitrogens with one attached hydrogen (secondary N) is 2. The first-order valence-corrected chi connectivity index (χ1v) is 8.91. The largest absolute Gasteiger partial charge is 0.397 e. The first-order valence-electron chi connectivity index (χ1n) is 8.09. The number of hydrogen-bond acceptors (Lipinski definition) is 4. The fourth-order valence-electron chi connectivity index (χ4n) is 3.31. The van der Waals surface area contributed by atoms with Crippen LogP contribution in [0, 0.1) is 11.8 Å². The second kappa shape index (κ2) is 4.90. The van der Waals surface area contributed by atoms with E-state index in [0.29, 0.717) is 16.8 Å². The number of amides is 1. The minimum atomic E-state index is -0.0538. The molecule has 1 aromatic heterocycles. The van der Waals surface area contributed by atoms with Crippen LogP contribution in [0.15, 0.2) is 0 Å². The average Bonchev–Trinajstić information content (AvgIpc) is 3.35. The second-order valence-electron chi connectivity index (χ2n) is 6.79. The highest BCUT2D eigenvalue weighted by atomic mass is 32.1. The van der Waals surface area contributed by atoms with Crippen molar-refractivity contribution in [1.29, 1.82) is 0 Å². The number of nitrogen functional groups attached to an aromatic ring is 1. The van der Waals surface area contributed by atoms with Crippen LogP contribution in [0.2, 0.25) is 0 Å². The van der Waals surface area contributed by atoms with E-state index >= 15 is 0 Å². The SMILES string of the molecule is CNC(=O)c1sc(NC(C2CC2)C2CC2)c(C2CC2)c1N. The Bertz CT molecular complexity index is 558.